The first kappa shape index (κ1) is 23.8. The molecule has 3 aromatic rings. The summed E-state index contributed by atoms with van der Waals surface area (Å²) in [6, 6.07) is 13.3. The van der Waals surface area contributed by atoms with Gasteiger partial charge in [0.2, 0.25) is 5.91 Å². The van der Waals surface area contributed by atoms with Crippen LogP contribution in [0.15, 0.2) is 60.8 Å². The van der Waals surface area contributed by atoms with Crippen LogP contribution in [0.1, 0.15) is 27.0 Å². The predicted octanol–water partition coefficient (Wildman–Crippen LogP) is 5.17. The summed E-state index contributed by atoms with van der Waals surface area (Å²) in [7, 11) is 1.47. The molecule has 0 bridgehead atoms. The maximum absolute atomic E-state index is 13.0. The first-order chi connectivity index (χ1) is 15.6. The molecule has 0 spiro atoms. The van der Waals surface area contributed by atoms with Crippen molar-refractivity contribution >= 4 is 29.0 Å². The summed E-state index contributed by atoms with van der Waals surface area (Å²) in [6.45, 7) is 3.53. The fourth-order valence-electron chi connectivity index (χ4n) is 3.27. The Balaban J connectivity index is 1.75. The van der Waals surface area contributed by atoms with E-state index >= 15 is 0 Å². The highest BCUT2D eigenvalue weighted by molar-refractivity contribution is 6.02. The molecule has 0 radical (unpaired) electrons. The normalized spacial score (nSPS) is 11.1. The van der Waals surface area contributed by atoms with Gasteiger partial charge in [0, 0.05) is 24.6 Å². The highest BCUT2D eigenvalue weighted by Gasteiger charge is 2.30. The van der Waals surface area contributed by atoms with Crippen molar-refractivity contribution < 1.29 is 22.8 Å². The molecule has 0 unspecified atom stereocenters. The maximum Gasteiger partial charge on any atom is 0.416 e. The zero-order valence-electron chi connectivity index (χ0n) is 18.3. The number of nitrogens with zero attached hydrogens (tertiary/aromatic N) is 2. The Morgan fingerprint density at radius 3 is 2.33 bits per heavy atom. The summed E-state index contributed by atoms with van der Waals surface area (Å²) >= 11 is 0. The van der Waals surface area contributed by atoms with E-state index in [4.69, 9.17) is 0 Å². The molecule has 0 fully saturated rings. The van der Waals surface area contributed by atoms with Gasteiger partial charge in [-0.2, -0.15) is 13.2 Å². The Kier molecular flexibility index (Phi) is 7.01. The van der Waals surface area contributed by atoms with Gasteiger partial charge in [-0.3, -0.25) is 9.59 Å². The molecule has 2 aromatic carbocycles. The molecule has 0 saturated heterocycles. The number of aromatic nitrogens is 1. The second-order valence-corrected chi connectivity index (χ2v) is 7.58. The lowest BCUT2D eigenvalue weighted by Crippen LogP contribution is -2.35. The van der Waals surface area contributed by atoms with Crippen LogP contribution in [-0.4, -0.2) is 35.3 Å². The number of anilines is 3. The van der Waals surface area contributed by atoms with Crippen molar-refractivity contribution in [2.45, 2.75) is 20.0 Å². The van der Waals surface area contributed by atoms with Crippen LogP contribution >= 0.6 is 0 Å². The van der Waals surface area contributed by atoms with E-state index in [1.807, 2.05) is 32.0 Å². The van der Waals surface area contributed by atoms with Gasteiger partial charge in [-0.25, -0.2) is 4.98 Å². The number of rotatable bonds is 6. The standard InChI is InChI=1S/C24H23F3N4O2/c1-15-7-4-8-16(2)21(15)30-20(32)14-31(3)23(33)19-11-6-12-28-22(19)29-18-10-5-9-17(13-18)24(25,26)27/h4-13H,14H2,1-3H3,(H,28,29)(H,30,32). The zero-order chi connectivity index (χ0) is 24.2. The third kappa shape index (κ3) is 5.88. The molecule has 1 aromatic heterocycles. The van der Waals surface area contributed by atoms with Crippen molar-refractivity contribution in [3.63, 3.8) is 0 Å². The topological polar surface area (TPSA) is 74.3 Å². The number of amides is 2. The number of halogens is 3. The average Bonchev–Trinajstić information content (AvgIpc) is 2.76. The minimum Gasteiger partial charge on any atom is -0.340 e. The van der Waals surface area contributed by atoms with Crippen LogP contribution in [-0.2, 0) is 11.0 Å². The number of carbonyl (C=O) groups is 2. The first-order valence-corrected chi connectivity index (χ1v) is 10.1. The summed E-state index contributed by atoms with van der Waals surface area (Å²) in [5, 5.41) is 5.59. The number of hydrogen-bond acceptors (Lipinski definition) is 4. The molecule has 0 atom stereocenters. The van der Waals surface area contributed by atoms with Crippen LogP contribution in [0, 0.1) is 13.8 Å². The van der Waals surface area contributed by atoms with E-state index in [0.717, 1.165) is 23.3 Å². The molecule has 0 saturated carbocycles. The van der Waals surface area contributed by atoms with Crippen molar-refractivity contribution in [2.75, 3.05) is 24.2 Å². The molecule has 0 aliphatic rings. The Morgan fingerprint density at radius 1 is 1.00 bits per heavy atom. The van der Waals surface area contributed by atoms with Gasteiger partial charge in [0.25, 0.3) is 5.91 Å². The Morgan fingerprint density at radius 2 is 1.67 bits per heavy atom. The SMILES string of the molecule is Cc1cccc(C)c1NC(=O)CN(C)C(=O)c1cccnc1Nc1cccc(C(F)(F)F)c1. The molecule has 9 heteroatoms. The summed E-state index contributed by atoms with van der Waals surface area (Å²) in [6.07, 6.45) is -3.08. The number of pyridine rings is 1. The monoisotopic (exact) mass is 456 g/mol. The van der Waals surface area contributed by atoms with E-state index in [1.54, 1.807) is 0 Å². The van der Waals surface area contributed by atoms with Gasteiger partial charge in [-0.15, -0.1) is 0 Å². The lowest BCUT2D eigenvalue weighted by atomic mass is 10.1. The molecule has 2 N–H and O–H groups in total. The fourth-order valence-corrected chi connectivity index (χ4v) is 3.27. The van der Waals surface area contributed by atoms with Gasteiger partial charge < -0.3 is 15.5 Å². The molecule has 3 rings (SSSR count). The van der Waals surface area contributed by atoms with E-state index in [0.29, 0.717) is 5.69 Å². The van der Waals surface area contributed by atoms with Gasteiger partial charge in [-0.05, 0) is 55.3 Å². The van der Waals surface area contributed by atoms with E-state index in [-0.39, 0.29) is 29.5 Å². The van der Waals surface area contributed by atoms with E-state index < -0.39 is 17.6 Å². The molecule has 1 heterocycles. The molecule has 0 aliphatic carbocycles. The van der Waals surface area contributed by atoms with Crippen LogP contribution in [0.2, 0.25) is 0 Å². The molecule has 172 valence electrons. The van der Waals surface area contributed by atoms with E-state index in [1.165, 1.54) is 42.4 Å². The lowest BCUT2D eigenvalue weighted by Gasteiger charge is -2.20. The van der Waals surface area contributed by atoms with Crippen molar-refractivity contribution in [3.8, 4) is 0 Å². The number of hydrogen-bond donors (Lipinski definition) is 2. The molecular weight excluding hydrogens is 433 g/mol. The first-order valence-electron chi connectivity index (χ1n) is 10.1. The third-order valence-electron chi connectivity index (χ3n) is 4.96. The number of aryl methyl sites for hydroxylation is 2. The molecular formula is C24H23F3N4O2. The van der Waals surface area contributed by atoms with E-state index in [9.17, 15) is 22.8 Å². The van der Waals surface area contributed by atoms with Crippen LogP contribution in [0.4, 0.5) is 30.4 Å². The number of likely N-dealkylation sites (N-methyl/N-ethyl adjacent to an activating group) is 1. The molecule has 6 nitrogen and oxygen atoms in total. The van der Waals surface area contributed by atoms with Gasteiger partial charge in [0.1, 0.15) is 5.82 Å². The number of nitrogens with one attached hydrogen (secondary N) is 2. The Hall–Kier alpha value is -3.88. The number of alkyl halides is 3. The average molecular weight is 456 g/mol. The summed E-state index contributed by atoms with van der Waals surface area (Å²) in [5.74, 6) is -0.794. The van der Waals surface area contributed by atoms with Crippen LogP contribution < -0.4 is 10.6 Å². The third-order valence-corrected chi connectivity index (χ3v) is 4.96. The predicted molar refractivity (Wildman–Crippen MR) is 120 cm³/mol. The minimum absolute atomic E-state index is 0.0869. The highest BCUT2D eigenvalue weighted by atomic mass is 19.4. The Bertz CT molecular complexity index is 1160. The summed E-state index contributed by atoms with van der Waals surface area (Å²) in [4.78, 5) is 30.8. The number of para-hydroxylation sites is 1. The number of carbonyl (C=O) groups excluding carboxylic acids is 2. The van der Waals surface area contributed by atoms with Crippen molar-refractivity contribution in [3.05, 3.63) is 83.0 Å². The molecule has 33 heavy (non-hydrogen) atoms. The van der Waals surface area contributed by atoms with Gasteiger partial charge >= 0.3 is 6.18 Å². The van der Waals surface area contributed by atoms with Gasteiger partial charge in [0.15, 0.2) is 0 Å². The van der Waals surface area contributed by atoms with Crippen LogP contribution in [0.5, 0.6) is 0 Å². The second-order valence-electron chi connectivity index (χ2n) is 7.58. The minimum atomic E-state index is -4.50. The van der Waals surface area contributed by atoms with Crippen LogP contribution in [0.25, 0.3) is 0 Å². The van der Waals surface area contributed by atoms with Crippen LogP contribution in [0.3, 0.4) is 0 Å². The van der Waals surface area contributed by atoms with Crippen molar-refractivity contribution in [1.82, 2.24) is 9.88 Å². The van der Waals surface area contributed by atoms with Gasteiger partial charge in [0.05, 0.1) is 17.7 Å². The molecule has 0 aliphatic heterocycles. The van der Waals surface area contributed by atoms with E-state index in [2.05, 4.69) is 15.6 Å². The van der Waals surface area contributed by atoms with Gasteiger partial charge in [-0.1, -0.05) is 24.3 Å². The summed E-state index contributed by atoms with van der Waals surface area (Å²) in [5.41, 5.74) is 1.92. The second kappa shape index (κ2) is 9.72. The maximum atomic E-state index is 13.0. The number of benzene rings is 2. The van der Waals surface area contributed by atoms with Crippen molar-refractivity contribution in [1.29, 1.82) is 0 Å². The summed E-state index contributed by atoms with van der Waals surface area (Å²) < 4.78 is 39.0. The quantitative estimate of drug-likeness (QED) is 0.537. The smallest absolute Gasteiger partial charge is 0.340 e. The Labute approximate surface area is 189 Å². The zero-order valence-corrected chi connectivity index (χ0v) is 18.3. The lowest BCUT2D eigenvalue weighted by molar-refractivity contribution is -0.137. The highest BCUT2D eigenvalue weighted by Crippen LogP contribution is 2.31. The fraction of sp³-hybridized carbons (Fsp3) is 0.208. The van der Waals surface area contributed by atoms with Crippen molar-refractivity contribution in [2.24, 2.45) is 0 Å². The molecule has 2 amide bonds. The largest absolute Gasteiger partial charge is 0.416 e.